The van der Waals surface area contributed by atoms with Crippen LogP contribution in [0.25, 0.3) is 0 Å². The lowest BCUT2D eigenvalue weighted by Gasteiger charge is -2.37. The van der Waals surface area contributed by atoms with Gasteiger partial charge in [0.1, 0.15) is 12.0 Å². The summed E-state index contributed by atoms with van der Waals surface area (Å²) in [6.45, 7) is 2.51. The van der Waals surface area contributed by atoms with Crippen molar-refractivity contribution < 1.29 is 4.79 Å². The van der Waals surface area contributed by atoms with E-state index in [1.165, 1.54) is 6.33 Å². The lowest BCUT2D eigenvalue weighted by molar-refractivity contribution is -0.127. The maximum Gasteiger partial charge on any atom is 0.232 e. The fourth-order valence-corrected chi connectivity index (χ4v) is 2.94. The zero-order chi connectivity index (χ0) is 14.8. The first-order valence-electron chi connectivity index (χ1n) is 6.66. The molecule has 0 unspecified atom stereocenters. The smallest absolute Gasteiger partial charge is 0.232 e. The molecule has 0 radical (unpaired) electrons. The zero-order valence-corrected chi connectivity index (χ0v) is 12.8. The van der Waals surface area contributed by atoms with Crippen LogP contribution in [0.5, 0.6) is 0 Å². The Morgan fingerprint density at radius 2 is 1.95 bits per heavy atom. The first-order chi connectivity index (χ1) is 9.48. The number of aromatic nitrogens is 2. The summed E-state index contributed by atoms with van der Waals surface area (Å²) in [6.07, 6.45) is 4.80. The highest BCUT2D eigenvalue weighted by Crippen LogP contribution is 2.39. The number of nitrogens with zero attached hydrogens (tertiary/aromatic N) is 2. The Morgan fingerprint density at radius 1 is 1.40 bits per heavy atom. The van der Waals surface area contributed by atoms with E-state index in [1.54, 1.807) is 0 Å². The molecular weight excluding hydrogens is 299 g/mol. The minimum Gasteiger partial charge on any atom is -0.329 e. The van der Waals surface area contributed by atoms with E-state index in [9.17, 15) is 4.79 Å². The van der Waals surface area contributed by atoms with Gasteiger partial charge in [-0.2, -0.15) is 0 Å². The molecule has 5 nitrogen and oxygen atoms in total. The molecule has 0 aromatic carbocycles. The van der Waals surface area contributed by atoms with Crippen LogP contribution in [0.2, 0.25) is 10.3 Å². The first-order valence-corrected chi connectivity index (χ1v) is 7.41. The van der Waals surface area contributed by atoms with Gasteiger partial charge in [-0.1, -0.05) is 30.1 Å². The summed E-state index contributed by atoms with van der Waals surface area (Å²) in [5, 5.41) is 3.01. The molecule has 1 aliphatic carbocycles. The second-order valence-electron chi connectivity index (χ2n) is 5.45. The molecule has 3 N–H and O–H groups in total. The van der Waals surface area contributed by atoms with Gasteiger partial charge in [0.15, 0.2) is 10.3 Å². The predicted octanol–water partition coefficient (Wildman–Crippen LogP) is 2.88. The average Bonchev–Trinajstić information content (AvgIpc) is 2.44. The summed E-state index contributed by atoms with van der Waals surface area (Å²) < 4.78 is 0. The summed E-state index contributed by atoms with van der Waals surface area (Å²) in [6, 6.07) is 0. The van der Waals surface area contributed by atoms with Crippen LogP contribution >= 0.6 is 23.2 Å². The Bertz CT molecular complexity index is 481. The van der Waals surface area contributed by atoms with E-state index in [-0.39, 0.29) is 21.9 Å². The van der Waals surface area contributed by atoms with Gasteiger partial charge in [0.05, 0.1) is 5.41 Å². The SMILES string of the molecule is CC1CCC(CN)(C(=O)Nc2c(Cl)ncnc2Cl)CC1. The van der Waals surface area contributed by atoms with Crippen LogP contribution in [0, 0.1) is 11.3 Å². The van der Waals surface area contributed by atoms with Gasteiger partial charge in [0.2, 0.25) is 5.91 Å². The monoisotopic (exact) mass is 316 g/mol. The Morgan fingerprint density at radius 3 is 2.45 bits per heavy atom. The number of nitrogens with two attached hydrogens (primary N) is 1. The van der Waals surface area contributed by atoms with Crippen LogP contribution in [0.15, 0.2) is 6.33 Å². The van der Waals surface area contributed by atoms with E-state index < -0.39 is 5.41 Å². The van der Waals surface area contributed by atoms with Crippen LogP contribution in [0.3, 0.4) is 0 Å². The maximum atomic E-state index is 12.6. The van der Waals surface area contributed by atoms with Crippen LogP contribution in [-0.2, 0) is 4.79 Å². The number of carbonyl (C=O) groups is 1. The Hall–Kier alpha value is -0.910. The van der Waals surface area contributed by atoms with E-state index >= 15 is 0 Å². The highest BCUT2D eigenvalue weighted by atomic mass is 35.5. The molecule has 1 aromatic rings. The Balaban J connectivity index is 2.18. The third kappa shape index (κ3) is 3.05. The van der Waals surface area contributed by atoms with Crippen molar-refractivity contribution in [2.75, 3.05) is 11.9 Å². The summed E-state index contributed by atoms with van der Waals surface area (Å²) in [5.74, 6) is 0.486. The molecule has 1 amide bonds. The van der Waals surface area contributed by atoms with Crippen molar-refractivity contribution in [3.05, 3.63) is 16.6 Å². The quantitative estimate of drug-likeness (QED) is 0.840. The normalized spacial score (nSPS) is 26.3. The molecule has 0 bridgehead atoms. The number of anilines is 1. The van der Waals surface area contributed by atoms with Gasteiger partial charge in [0, 0.05) is 6.54 Å². The van der Waals surface area contributed by atoms with Gasteiger partial charge < -0.3 is 11.1 Å². The first kappa shape index (κ1) is 15.5. The van der Waals surface area contributed by atoms with Gasteiger partial charge in [0.25, 0.3) is 0 Å². The highest BCUT2D eigenvalue weighted by Gasteiger charge is 2.40. The fraction of sp³-hybridized carbons (Fsp3) is 0.615. The summed E-state index contributed by atoms with van der Waals surface area (Å²) in [4.78, 5) is 20.2. The van der Waals surface area contributed by atoms with E-state index in [1.807, 2.05) is 0 Å². The molecular formula is C13H18Cl2N4O. The second kappa shape index (κ2) is 6.24. The minimum atomic E-state index is -0.547. The number of nitrogens with one attached hydrogen (secondary N) is 1. The van der Waals surface area contributed by atoms with Crippen molar-refractivity contribution in [1.29, 1.82) is 0 Å². The second-order valence-corrected chi connectivity index (χ2v) is 6.17. The lowest BCUT2D eigenvalue weighted by Crippen LogP contribution is -2.45. The molecule has 0 atom stereocenters. The van der Waals surface area contributed by atoms with Gasteiger partial charge >= 0.3 is 0 Å². The minimum absolute atomic E-state index is 0.134. The highest BCUT2D eigenvalue weighted by molar-refractivity contribution is 6.38. The van der Waals surface area contributed by atoms with Crippen molar-refractivity contribution in [3.8, 4) is 0 Å². The Labute approximate surface area is 128 Å². The number of halogens is 2. The number of hydrogen-bond donors (Lipinski definition) is 2. The van der Waals surface area contributed by atoms with Crippen LogP contribution in [0.4, 0.5) is 5.69 Å². The third-order valence-electron chi connectivity index (χ3n) is 4.10. The number of hydrogen-bond acceptors (Lipinski definition) is 4. The van der Waals surface area contributed by atoms with Crippen molar-refractivity contribution in [2.24, 2.45) is 17.1 Å². The average molecular weight is 317 g/mol. The van der Waals surface area contributed by atoms with Crippen molar-refractivity contribution in [1.82, 2.24) is 9.97 Å². The van der Waals surface area contributed by atoms with E-state index in [4.69, 9.17) is 28.9 Å². The molecule has 2 rings (SSSR count). The van der Waals surface area contributed by atoms with Crippen LogP contribution in [-0.4, -0.2) is 22.4 Å². The number of rotatable bonds is 3. The number of amides is 1. The topological polar surface area (TPSA) is 80.9 Å². The maximum absolute atomic E-state index is 12.6. The molecule has 20 heavy (non-hydrogen) atoms. The van der Waals surface area contributed by atoms with Crippen molar-refractivity contribution in [2.45, 2.75) is 32.6 Å². The van der Waals surface area contributed by atoms with E-state index in [2.05, 4.69) is 22.2 Å². The van der Waals surface area contributed by atoms with Gasteiger partial charge in [-0.25, -0.2) is 9.97 Å². The fourth-order valence-electron chi connectivity index (χ4n) is 2.53. The molecule has 1 heterocycles. The summed E-state index contributed by atoms with van der Waals surface area (Å²) in [7, 11) is 0. The van der Waals surface area contributed by atoms with E-state index in [0.717, 1.165) is 25.7 Å². The predicted molar refractivity (Wildman–Crippen MR) is 79.8 cm³/mol. The molecule has 0 saturated heterocycles. The lowest BCUT2D eigenvalue weighted by atomic mass is 9.70. The van der Waals surface area contributed by atoms with Crippen molar-refractivity contribution >= 4 is 34.8 Å². The molecule has 7 heteroatoms. The van der Waals surface area contributed by atoms with Gasteiger partial charge in [-0.05, 0) is 31.6 Å². The molecule has 1 saturated carbocycles. The van der Waals surface area contributed by atoms with E-state index in [0.29, 0.717) is 12.5 Å². The third-order valence-corrected chi connectivity index (χ3v) is 4.67. The van der Waals surface area contributed by atoms with Gasteiger partial charge in [-0.3, -0.25) is 4.79 Å². The standard InChI is InChI=1S/C13H18Cl2N4O/c1-8-2-4-13(6-16,5-3-8)12(20)19-9-10(14)17-7-18-11(9)15/h7-8H,2-6,16H2,1H3,(H,19,20). The molecule has 1 aliphatic rings. The summed E-state index contributed by atoms with van der Waals surface area (Å²) >= 11 is 11.9. The van der Waals surface area contributed by atoms with Crippen molar-refractivity contribution in [3.63, 3.8) is 0 Å². The zero-order valence-electron chi connectivity index (χ0n) is 11.3. The largest absolute Gasteiger partial charge is 0.329 e. The Kier molecular flexibility index (Phi) is 4.83. The molecule has 110 valence electrons. The van der Waals surface area contributed by atoms with Crippen LogP contribution in [0.1, 0.15) is 32.6 Å². The number of carbonyl (C=O) groups excluding carboxylic acids is 1. The van der Waals surface area contributed by atoms with Crippen LogP contribution < -0.4 is 11.1 Å². The van der Waals surface area contributed by atoms with Gasteiger partial charge in [-0.15, -0.1) is 0 Å². The molecule has 1 aromatic heterocycles. The summed E-state index contributed by atoms with van der Waals surface area (Å²) in [5.41, 5.74) is 5.57. The molecule has 0 aliphatic heterocycles. The molecule has 0 spiro atoms. The molecule has 1 fully saturated rings.